The zero-order valence-corrected chi connectivity index (χ0v) is 20.2. The zero-order chi connectivity index (χ0) is 22.6. The fourth-order valence-electron chi connectivity index (χ4n) is 4.75. The van der Waals surface area contributed by atoms with Crippen LogP contribution in [-0.2, 0) is 10.8 Å². The van der Waals surface area contributed by atoms with Crippen LogP contribution >= 0.6 is 0 Å². The molecule has 0 N–H and O–H groups in total. The Hall–Kier alpha value is -2.80. The Morgan fingerprint density at radius 2 is 1.52 bits per heavy atom. The van der Waals surface area contributed by atoms with Gasteiger partial charge in [-0.1, -0.05) is 118 Å². The third-order valence-electron chi connectivity index (χ3n) is 7.02. The molecule has 1 aliphatic rings. The standard InChI is InChI=1S/C30H37N/c1-23-17-13-14-19-25(23)29(3,4)24(2)18-11-9-8-10-12-22-28-30(5,6)26-20-15-16-21-27(26)31(28)7/h8-22,28H,1-7H3/b10-8+,11-9+,22-12+,24-18-. The molecular formula is C30H37N. The number of benzene rings is 2. The van der Waals surface area contributed by atoms with Gasteiger partial charge in [-0.3, -0.25) is 0 Å². The number of aryl methyl sites for hydroxylation is 1. The number of para-hydroxylation sites is 1. The molecule has 0 aliphatic carbocycles. The molecule has 1 unspecified atom stereocenters. The molecule has 0 saturated heterocycles. The van der Waals surface area contributed by atoms with Gasteiger partial charge in [-0.25, -0.2) is 0 Å². The molecular weight excluding hydrogens is 374 g/mol. The van der Waals surface area contributed by atoms with Gasteiger partial charge >= 0.3 is 0 Å². The van der Waals surface area contributed by atoms with E-state index in [-0.39, 0.29) is 10.8 Å². The lowest BCUT2D eigenvalue weighted by Crippen LogP contribution is -2.37. The maximum Gasteiger partial charge on any atom is 0.0565 e. The number of anilines is 1. The molecule has 2 aromatic carbocycles. The fourth-order valence-corrected chi connectivity index (χ4v) is 4.75. The Balaban J connectivity index is 1.64. The summed E-state index contributed by atoms with van der Waals surface area (Å²) in [5.74, 6) is 0. The van der Waals surface area contributed by atoms with E-state index in [1.165, 1.54) is 28.0 Å². The van der Waals surface area contributed by atoms with Crippen LogP contribution in [0.4, 0.5) is 5.69 Å². The summed E-state index contributed by atoms with van der Waals surface area (Å²) in [6.45, 7) is 13.7. The molecule has 1 atom stereocenters. The molecule has 0 aromatic heterocycles. The van der Waals surface area contributed by atoms with E-state index in [9.17, 15) is 0 Å². The van der Waals surface area contributed by atoms with Crippen molar-refractivity contribution in [2.24, 2.45) is 0 Å². The molecule has 0 saturated carbocycles. The van der Waals surface area contributed by atoms with Gasteiger partial charge in [0.15, 0.2) is 0 Å². The summed E-state index contributed by atoms with van der Waals surface area (Å²) in [4.78, 5) is 2.38. The number of fused-ring (bicyclic) bond motifs is 1. The summed E-state index contributed by atoms with van der Waals surface area (Å²) < 4.78 is 0. The highest BCUT2D eigenvalue weighted by Crippen LogP contribution is 2.44. The van der Waals surface area contributed by atoms with Gasteiger partial charge in [0, 0.05) is 23.6 Å². The van der Waals surface area contributed by atoms with Gasteiger partial charge in [0.05, 0.1) is 6.04 Å². The predicted octanol–water partition coefficient (Wildman–Crippen LogP) is 7.68. The number of rotatable bonds is 6. The maximum atomic E-state index is 2.38. The summed E-state index contributed by atoms with van der Waals surface area (Å²) >= 11 is 0. The van der Waals surface area contributed by atoms with Crippen molar-refractivity contribution in [3.05, 3.63) is 113 Å². The third-order valence-corrected chi connectivity index (χ3v) is 7.02. The van der Waals surface area contributed by atoms with Crippen LogP contribution in [0.2, 0.25) is 0 Å². The highest BCUT2D eigenvalue weighted by Gasteiger charge is 2.40. The second-order valence-corrected chi connectivity index (χ2v) is 9.74. The molecule has 2 aromatic rings. The summed E-state index contributed by atoms with van der Waals surface area (Å²) in [5, 5.41) is 0. The molecule has 0 radical (unpaired) electrons. The maximum absolute atomic E-state index is 2.38. The van der Waals surface area contributed by atoms with Crippen LogP contribution in [0.3, 0.4) is 0 Å². The lowest BCUT2D eigenvalue weighted by atomic mass is 9.76. The minimum absolute atomic E-state index is 0.0208. The lowest BCUT2D eigenvalue weighted by Gasteiger charge is -2.29. The molecule has 1 nitrogen and oxygen atoms in total. The van der Waals surface area contributed by atoms with Crippen molar-refractivity contribution in [1.82, 2.24) is 0 Å². The first kappa shape index (κ1) is 22.9. The topological polar surface area (TPSA) is 3.24 Å². The van der Waals surface area contributed by atoms with E-state index in [2.05, 4.69) is 145 Å². The molecule has 1 aliphatic heterocycles. The molecule has 31 heavy (non-hydrogen) atoms. The first-order valence-corrected chi connectivity index (χ1v) is 11.2. The zero-order valence-electron chi connectivity index (χ0n) is 20.2. The quantitative estimate of drug-likeness (QED) is 0.440. The van der Waals surface area contributed by atoms with Gasteiger partial charge in [0.2, 0.25) is 0 Å². The number of likely N-dealkylation sites (N-methyl/N-ethyl adjacent to an activating group) is 1. The van der Waals surface area contributed by atoms with E-state index >= 15 is 0 Å². The van der Waals surface area contributed by atoms with Gasteiger partial charge in [0.1, 0.15) is 0 Å². The van der Waals surface area contributed by atoms with Crippen molar-refractivity contribution < 1.29 is 0 Å². The SMILES string of the molecule is C/C(=C/C=C/C=C/C=C/C1N(C)c2ccccc2C1(C)C)C(C)(C)c1ccccc1C. The largest absolute Gasteiger partial charge is 0.367 e. The van der Waals surface area contributed by atoms with Gasteiger partial charge in [0.25, 0.3) is 0 Å². The molecule has 0 fully saturated rings. The van der Waals surface area contributed by atoms with Crippen molar-refractivity contribution in [3.8, 4) is 0 Å². The second kappa shape index (κ2) is 9.14. The van der Waals surface area contributed by atoms with Gasteiger partial charge in [-0.2, -0.15) is 0 Å². The first-order valence-electron chi connectivity index (χ1n) is 11.2. The van der Waals surface area contributed by atoms with Crippen LogP contribution in [0.15, 0.2) is 96.6 Å². The van der Waals surface area contributed by atoms with E-state index in [4.69, 9.17) is 0 Å². The highest BCUT2D eigenvalue weighted by molar-refractivity contribution is 5.64. The molecule has 0 amide bonds. The van der Waals surface area contributed by atoms with Crippen LogP contribution < -0.4 is 4.90 Å². The monoisotopic (exact) mass is 411 g/mol. The second-order valence-electron chi connectivity index (χ2n) is 9.74. The minimum Gasteiger partial charge on any atom is -0.367 e. The first-order chi connectivity index (χ1) is 14.7. The van der Waals surface area contributed by atoms with Gasteiger partial charge in [-0.05, 0) is 36.6 Å². The molecule has 1 heteroatoms. The summed E-state index contributed by atoms with van der Waals surface area (Å²) in [6, 6.07) is 17.8. The third kappa shape index (κ3) is 4.61. The number of allylic oxidation sites excluding steroid dienone is 7. The van der Waals surface area contributed by atoms with Crippen molar-refractivity contribution in [2.45, 2.75) is 58.4 Å². The Bertz CT molecular complexity index is 1030. The molecule has 162 valence electrons. The Kier molecular flexibility index (Phi) is 6.74. The van der Waals surface area contributed by atoms with Crippen LogP contribution in [0.5, 0.6) is 0 Å². The van der Waals surface area contributed by atoms with E-state index in [0.717, 1.165) is 0 Å². The molecule has 0 bridgehead atoms. The van der Waals surface area contributed by atoms with Crippen LogP contribution in [-0.4, -0.2) is 13.1 Å². The average molecular weight is 412 g/mol. The fraction of sp³-hybridized carbons (Fsp3) is 0.333. The van der Waals surface area contributed by atoms with Crippen LogP contribution in [0, 0.1) is 6.92 Å². The number of nitrogens with zero attached hydrogens (tertiary/aromatic N) is 1. The van der Waals surface area contributed by atoms with Gasteiger partial charge < -0.3 is 4.90 Å². The van der Waals surface area contributed by atoms with Crippen molar-refractivity contribution in [2.75, 3.05) is 11.9 Å². The van der Waals surface area contributed by atoms with Crippen molar-refractivity contribution in [3.63, 3.8) is 0 Å². The Labute approximate surface area is 189 Å². The Morgan fingerprint density at radius 1 is 0.903 bits per heavy atom. The van der Waals surface area contributed by atoms with Crippen molar-refractivity contribution >= 4 is 5.69 Å². The number of hydrogen-bond donors (Lipinski definition) is 0. The van der Waals surface area contributed by atoms with E-state index in [0.29, 0.717) is 6.04 Å². The summed E-state index contributed by atoms with van der Waals surface area (Å²) in [6.07, 6.45) is 15.2. The molecule has 0 spiro atoms. The normalized spacial score (nSPS) is 19.1. The summed E-state index contributed by atoms with van der Waals surface area (Å²) in [5.41, 5.74) is 6.97. The van der Waals surface area contributed by atoms with Crippen LogP contribution in [0.1, 0.15) is 51.3 Å². The number of hydrogen-bond acceptors (Lipinski definition) is 1. The molecule has 3 rings (SSSR count). The molecule has 1 heterocycles. The summed E-state index contributed by atoms with van der Waals surface area (Å²) in [7, 11) is 2.19. The van der Waals surface area contributed by atoms with Crippen molar-refractivity contribution in [1.29, 1.82) is 0 Å². The highest BCUT2D eigenvalue weighted by atomic mass is 15.2. The minimum atomic E-state index is 0.0208. The lowest BCUT2D eigenvalue weighted by molar-refractivity contribution is 0.488. The van der Waals surface area contributed by atoms with Gasteiger partial charge in [-0.15, -0.1) is 0 Å². The van der Waals surface area contributed by atoms with Crippen LogP contribution in [0.25, 0.3) is 0 Å². The van der Waals surface area contributed by atoms with E-state index < -0.39 is 0 Å². The smallest absolute Gasteiger partial charge is 0.0565 e. The Morgan fingerprint density at radius 3 is 2.23 bits per heavy atom. The predicted molar refractivity (Wildman–Crippen MR) is 137 cm³/mol. The van der Waals surface area contributed by atoms with E-state index in [1.54, 1.807) is 0 Å². The average Bonchev–Trinajstić information content (AvgIpc) is 2.93. The van der Waals surface area contributed by atoms with E-state index in [1.807, 2.05) is 0 Å².